The van der Waals surface area contributed by atoms with E-state index < -0.39 is 15.9 Å². The Labute approximate surface area is 119 Å². The first kappa shape index (κ1) is 16.5. The largest absolute Gasteiger partial charge is 0.390 e. The third-order valence-corrected chi connectivity index (χ3v) is 4.60. The zero-order chi connectivity index (χ0) is 14.5. The number of ether oxygens (including phenoxy) is 1. The minimum Gasteiger partial charge on any atom is -0.390 e. The normalized spacial score (nSPS) is 13.7. The molecule has 1 unspecified atom stereocenters. The second kappa shape index (κ2) is 7.28. The monoisotopic (exact) mass is 304 g/mol. The lowest BCUT2D eigenvalue weighted by molar-refractivity contribution is 0.0152. The zero-order valence-corrected chi connectivity index (χ0v) is 13.0. The standard InChI is InChI=1S/C13H20O4S2/c1-10(2)17-8-11(14)9-18-12-4-6-13(7-5-12)19(3,15)16/h4-7,10-11,14H,8-9H2,1-3H3. The smallest absolute Gasteiger partial charge is 0.175 e. The van der Waals surface area contributed by atoms with Gasteiger partial charge in [0.25, 0.3) is 0 Å². The molecule has 0 heterocycles. The zero-order valence-electron chi connectivity index (χ0n) is 11.4. The molecule has 0 aliphatic carbocycles. The summed E-state index contributed by atoms with van der Waals surface area (Å²) < 4.78 is 27.9. The van der Waals surface area contributed by atoms with Crippen molar-refractivity contribution in [3.05, 3.63) is 24.3 Å². The van der Waals surface area contributed by atoms with Crippen molar-refractivity contribution in [2.75, 3.05) is 18.6 Å². The predicted octanol–water partition coefficient (Wildman–Crippen LogP) is 1.97. The lowest BCUT2D eigenvalue weighted by Gasteiger charge is -2.13. The molecule has 6 heteroatoms. The Balaban J connectivity index is 2.46. The lowest BCUT2D eigenvalue weighted by Crippen LogP contribution is -2.20. The summed E-state index contributed by atoms with van der Waals surface area (Å²) >= 11 is 1.47. The van der Waals surface area contributed by atoms with Crippen LogP contribution in [0.5, 0.6) is 0 Å². The summed E-state index contributed by atoms with van der Waals surface area (Å²) in [4.78, 5) is 1.23. The second-order valence-corrected chi connectivity index (χ2v) is 7.70. The highest BCUT2D eigenvalue weighted by Gasteiger charge is 2.09. The molecule has 0 saturated carbocycles. The Bertz CT molecular complexity index is 480. The second-order valence-electron chi connectivity index (χ2n) is 4.59. The van der Waals surface area contributed by atoms with Crippen molar-refractivity contribution in [1.82, 2.24) is 0 Å². The van der Waals surface area contributed by atoms with E-state index >= 15 is 0 Å². The van der Waals surface area contributed by atoms with Gasteiger partial charge < -0.3 is 9.84 Å². The molecule has 19 heavy (non-hydrogen) atoms. The van der Waals surface area contributed by atoms with Crippen molar-refractivity contribution in [3.8, 4) is 0 Å². The molecule has 0 spiro atoms. The number of thioether (sulfide) groups is 1. The van der Waals surface area contributed by atoms with Gasteiger partial charge in [0.1, 0.15) is 0 Å². The molecule has 0 amide bonds. The fraction of sp³-hybridized carbons (Fsp3) is 0.538. The number of hydrogen-bond donors (Lipinski definition) is 1. The Morgan fingerprint density at radius 2 is 1.84 bits per heavy atom. The van der Waals surface area contributed by atoms with Crippen molar-refractivity contribution in [2.24, 2.45) is 0 Å². The highest BCUT2D eigenvalue weighted by Crippen LogP contribution is 2.21. The minimum absolute atomic E-state index is 0.105. The molecule has 108 valence electrons. The van der Waals surface area contributed by atoms with Crippen LogP contribution in [-0.4, -0.2) is 44.3 Å². The summed E-state index contributed by atoms with van der Waals surface area (Å²) in [6.07, 6.45) is 0.762. The van der Waals surface area contributed by atoms with Crippen LogP contribution in [0.2, 0.25) is 0 Å². The van der Waals surface area contributed by atoms with Crippen LogP contribution < -0.4 is 0 Å². The van der Waals surface area contributed by atoms with E-state index in [2.05, 4.69) is 0 Å². The first-order valence-electron chi connectivity index (χ1n) is 6.01. The van der Waals surface area contributed by atoms with Crippen LogP contribution in [0.1, 0.15) is 13.8 Å². The maximum atomic E-state index is 11.3. The first-order valence-corrected chi connectivity index (χ1v) is 8.89. The number of benzene rings is 1. The van der Waals surface area contributed by atoms with Crippen molar-refractivity contribution in [1.29, 1.82) is 0 Å². The fourth-order valence-electron chi connectivity index (χ4n) is 1.33. The van der Waals surface area contributed by atoms with Crippen LogP contribution in [0.3, 0.4) is 0 Å². The highest BCUT2D eigenvalue weighted by atomic mass is 32.2. The predicted molar refractivity (Wildman–Crippen MR) is 77.4 cm³/mol. The quantitative estimate of drug-likeness (QED) is 0.780. The van der Waals surface area contributed by atoms with E-state index in [1.54, 1.807) is 24.3 Å². The third-order valence-electron chi connectivity index (χ3n) is 2.32. The highest BCUT2D eigenvalue weighted by molar-refractivity contribution is 7.99. The van der Waals surface area contributed by atoms with Crippen molar-refractivity contribution < 1.29 is 18.3 Å². The topological polar surface area (TPSA) is 63.6 Å². The van der Waals surface area contributed by atoms with E-state index in [0.717, 1.165) is 4.90 Å². The van der Waals surface area contributed by atoms with Crippen LogP contribution in [0.15, 0.2) is 34.1 Å². The molecule has 1 aromatic rings. The molecule has 1 rings (SSSR count). The first-order chi connectivity index (χ1) is 8.79. The Kier molecular flexibility index (Phi) is 6.32. The van der Waals surface area contributed by atoms with Gasteiger partial charge in [-0.3, -0.25) is 0 Å². The molecule has 4 nitrogen and oxygen atoms in total. The number of aliphatic hydroxyl groups excluding tert-OH is 1. The maximum absolute atomic E-state index is 11.3. The van der Waals surface area contributed by atoms with Crippen LogP contribution >= 0.6 is 11.8 Å². The van der Waals surface area contributed by atoms with Gasteiger partial charge in [-0.2, -0.15) is 0 Å². The molecule has 0 aromatic heterocycles. The minimum atomic E-state index is -3.15. The molecule has 1 aromatic carbocycles. The molecule has 0 aliphatic rings. The molecule has 1 atom stereocenters. The van der Waals surface area contributed by atoms with Gasteiger partial charge in [-0.05, 0) is 38.1 Å². The number of aliphatic hydroxyl groups is 1. The summed E-state index contributed by atoms with van der Waals surface area (Å²) in [5.74, 6) is 0.519. The van der Waals surface area contributed by atoms with Gasteiger partial charge >= 0.3 is 0 Å². The average Bonchev–Trinajstić information content (AvgIpc) is 2.33. The number of sulfone groups is 1. The van der Waals surface area contributed by atoms with Crippen molar-refractivity contribution in [2.45, 2.75) is 35.8 Å². The lowest BCUT2D eigenvalue weighted by atomic mass is 10.4. The molecule has 0 radical (unpaired) electrons. The summed E-state index contributed by atoms with van der Waals surface area (Å²) in [7, 11) is -3.15. The van der Waals surface area contributed by atoms with Gasteiger partial charge in [-0.25, -0.2) is 8.42 Å². The molecule has 0 bridgehead atoms. The SMILES string of the molecule is CC(C)OCC(O)CSc1ccc(S(C)(=O)=O)cc1. The molecule has 0 aliphatic heterocycles. The van der Waals surface area contributed by atoms with Gasteiger partial charge in [0.2, 0.25) is 0 Å². The molecule has 1 N–H and O–H groups in total. The number of rotatable bonds is 7. The van der Waals surface area contributed by atoms with Crippen LogP contribution in [0, 0.1) is 0 Å². The Hall–Kier alpha value is -0.560. The van der Waals surface area contributed by atoms with Gasteiger partial charge in [0, 0.05) is 16.9 Å². The van der Waals surface area contributed by atoms with Crippen molar-refractivity contribution >= 4 is 21.6 Å². The average molecular weight is 304 g/mol. The fourth-order valence-corrected chi connectivity index (χ4v) is 2.77. The van der Waals surface area contributed by atoms with E-state index in [9.17, 15) is 13.5 Å². The van der Waals surface area contributed by atoms with Gasteiger partial charge in [0.15, 0.2) is 9.84 Å². The van der Waals surface area contributed by atoms with E-state index in [1.807, 2.05) is 13.8 Å². The molecular formula is C13H20O4S2. The van der Waals surface area contributed by atoms with Gasteiger partial charge in [-0.15, -0.1) is 11.8 Å². The van der Waals surface area contributed by atoms with E-state index in [1.165, 1.54) is 18.0 Å². The summed E-state index contributed by atoms with van der Waals surface area (Å²) in [5, 5.41) is 9.70. The van der Waals surface area contributed by atoms with E-state index in [4.69, 9.17) is 4.74 Å². The van der Waals surface area contributed by atoms with Crippen molar-refractivity contribution in [3.63, 3.8) is 0 Å². The number of hydrogen-bond acceptors (Lipinski definition) is 5. The van der Waals surface area contributed by atoms with E-state index in [-0.39, 0.29) is 6.10 Å². The third kappa shape index (κ3) is 6.42. The van der Waals surface area contributed by atoms with Crippen LogP contribution in [-0.2, 0) is 14.6 Å². The van der Waals surface area contributed by atoms with Crippen LogP contribution in [0.4, 0.5) is 0 Å². The summed E-state index contributed by atoms with van der Waals surface area (Å²) in [5.41, 5.74) is 0. The maximum Gasteiger partial charge on any atom is 0.175 e. The summed E-state index contributed by atoms with van der Waals surface area (Å²) in [6, 6.07) is 6.65. The Morgan fingerprint density at radius 3 is 2.32 bits per heavy atom. The molecular weight excluding hydrogens is 284 g/mol. The van der Waals surface area contributed by atoms with Gasteiger partial charge in [0.05, 0.1) is 23.7 Å². The Morgan fingerprint density at radius 1 is 1.26 bits per heavy atom. The van der Waals surface area contributed by atoms with Gasteiger partial charge in [-0.1, -0.05) is 0 Å². The van der Waals surface area contributed by atoms with Crippen LogP contribution in [0.25, 0.3) is 0 Å². The summed E-state index contributed by atoms with van der Waals surface area (Å²) in [6.45, 7) is 4.15. The van der Waals surface area contributed by atoms with E-state index in [0.29, 0.717) is 17.3 Å². The molecule has 0 fully saturated rings. The molecule has 0 saturated heterocycles.